The molecule has 0 aromatic carbocycles. The molecule has 0 bridgehead atoms. The Balaban J connectivity index is 4.08. The number of carboxylic acids is 1. The largest absolute Gasteiger partial charge is 0.481 e. The van der Waals surface area contributed by atoms with Gasteiger partial charge in [0.1, 0.15) is 0 Å². The number of rotatable bonds is 37. The maximum absolute atomic E-state index is 11.4. The number of aliphatic carboxylic acids is 1. The molecule has 0 saturated heterocycles. The van der Waals surface area contributed by atoms with Crippen LogP contribution in [0, 0.1) is 5.92 Å². The molecule has 0 aromatic rings. The molecule has 0 aromatic heterocycles. The molecule has 0 aliphatic heterocycles. The molecule has 1 N–H and O–H groups in total. The summed E-state index contributed by atoms with van der Waals surface area (Å²) in [5.41, 5.74) is 0. The summed E-state index contributed by atoms with van der Waals surface area (Å²) in [7, 11) is 4.31. The predicted octanol–water partition coefficient (Wildman–Crippen LogP) is 14.3. The minimum absolute atomic E-state index is 0.292. The third kappa shape index (κ3) is 32.8. The van der Waals surface area contributed by atoms with Crippen LogP contribution in [0.2, 0.25) is 0 Å². The highest BCUT2D eigenvalue weighted by molar-refractivity contribution is 5.66. The Morgan fingerprint density at radius 3 is 1.09 bits per heavy atom. The van der Waals surface area contributed by atoms with Crippen LogP contribution in [0.4, 0.5) is 0 Å². The van der Waals surface area contributed by atoms with E-state index in [1.807, 2.05) is 0 Å². The van der Waals surface area contributed by atoms with Crippen LogP contribution in [0.15, 0.2) is 24.3 Å². The Kier molecular flexibility index (Phi) is 35.9. The van der Waals surface area contributed by atoms with Crippen molar-refractivity contribution in [3.05, 3.63) is 24.3 Å². The van der Waals surface area contributed by atoms with Crippen LogP contribution in [0.1, 0.15) is 219 Å². The molecule has 0 amide bonds. The van der Waals surface area contributed by atoms with Crippen molar-refractivity contribution < 1.29 is 9.90 Å². The highest BCUT2D eigenvalue weighted by Crippen LogP contribution is 2.27. The van der Waals surface area contributed by atoms with Crippen molar-refractivity contribution in [1.82, 2.24) is 4.90 Å². The Hall–Kier alpha value is -1.09. The van der Waals surface area contributed by atoms with E-state index in [1.165, 1.54) is 193 Å². The van der Waals surface area contributed by atoms with Gasteiger partial charge in [-0.2, -0.15) is 0 Å². The molecule has 0 spiro atoms. The van der Waals surface area contributed by atoms with Gasteiger partial charge >= 0.3 is 5.97 Å². The van der Waals surface area contributed by atoms with Gasteiger partial charge in [-0.3, -0.25) is 4.79 Å². The number of hydrogen-bond acceptors (Lipinski definition) is 2. The molecule has 0 saturated carbocycles. The number of hydrogen-bond donors (Lipinski definition) is 1. The molecule has 1 atom stereocenters. The smallest absolute Gasteiger partial charge is 0.303 e. The summed E-state index contributed by atoms with van der Waals surface area (Å²) in [6.07, 6.45) is 51.1. The van der Waals surface area contributed by atoms with Crippen LogP contribution in [0.3, 0.4) is 0 Å². The lowest BCUT2D eigenvalue weighted by atomic mass is 9.85. The summed E-state index contributed by atoms with van der Waals surface area (Å²) < 4.78 is 0. The number of allylic oxidation sites excluding steroid dienone is 4. The fourth-order valence-electron chi connectivity index (χ4n) is 7.02. The van der Waals surface area contributed by atoms with E-state index < -0.39 is 5.97 Å². The van der Waals surface area contributed by atoms with E-state index in [1.54, 1.807) is 0 Å². The summed E-state index contributed by atoms with van der Waals surface area (Å²) in [5, 5.41) is 9.35. The second-order valence-corrected chi connectivity index (χ2v) is 14.7. The molecule has 0 heterocycles. The minimum Gasteiger partial charge on any atom is -0.481 e. The van der Waals surface area contributed by atoms with Crippen molar-refractivity contribution >= 4 is 5.97 Å². The van der Waals surface area contributed by atoms with Crippen molar-refractivity contribution in [2.45, 2.75) is 225 Å². The van der Waals surface area contributed by atoms with Crippen LogP contribution in [-0.2, 0) is 4.79 Å². The van der Waals surface area contributed by atoms with Gasteiger partial charge in [0.25, 0.3) is 0 Å². The highest BCUT2D eigenvalue weighted by Gasteiger charge is 2.23. The van der Waals surface area contributed by atoms with Gasteiger partial charge in [0.2, 0.25) is 0 Å². The Labute approximate surface area is 289 Å². The standard InChI is InChI=1S/C43H83NO2/c1-5-7-9-11-13-15-17-19-21-23-25-27-29-31-33-35-37-41(42(44(3)4)39-40-43(45)46)38-36-34-32-30-28-26-24-22-20-18-16-14-12-10-8-6-2/h19-22,41-42H,5-18,23-40H2,1-4H3,(H,45,46)/b21-19-,22-20-. The van der Waals surface area contributed by atoms with Crippen LogP contribution in [-0.4, -0.2) is 36.1 Å². The highest BCUT2D eigenvalue weighted by atomic mass is 16.4. The van der Waals surface area contributed by atoms with E-state index in [9.17, 15) is 9.90 Å². The first-order chi connectivity index (χ1) is 22.5. The maximum atomic E-state index is 11.4. The third-order valence-electron chi connectivity index (χ3n) is 10.0. The number of carbonyl (C=O) groups is 1. The minimum atomic E-state index is -0.653. The summed E-state index contributed by atoms with van der Waals surface area (Å²) in [6, 6.07) is 0.391. The lowest BCUT2D eigenvalue weighted by Gasteiger charge is -2.32. The van der Waals surface area contributed by atoms with E-state index in [4.69, 9.17) is 0 Å². The Morgan fingerprint density at radius 1 is 0.478 bits per heavy atom. The van der Waals surface area contributed by atoms with Gasteiger partial charge in [0, 0.05) is 12.5 Å². The van der Waals surface area contributed by atoms with Gasteiger partial charge in [0.05, 0.1) is 0 Å². The molecule has 0 aliphatic carbocycles. The molecule has 0 aliphatic rings. The lowest BCUT2D eigenvalue weighted by molar-refractivity contribution is -0.137. The first-order valence-electron chi connectivity index (χ1n) is 20.7. The van der Waals surface area contributed by atoms with Crippen molar-refractivity contribution in [3.63, 3.8) is 0 Å². The van der Waals surface area contributed by atoms with Crippen molar-refractivity contribution in [2.24, 2.45) is 5.92 Å². The average Bonchev–Trinajstić information content (AvgIpc) is 3.03. The van der Waals surface area contributed by atoms with Gasteiger partial charge in [-0.15, -0.1) is 0 Å². The van der Waals surface area contributed by atoms with Gasteiger partial charge in [0.15, 0.2) is 0 Å². The normalized spacial score (nSPS) is 12.8. The van der Waals surface area contributed by atoms with E-state index in [0.717, 1.165) is 6.42 Å². The zero-order valence-corrected chi connectivity index (χ0v) is 31.9. The second-order valence-electron chi connectivity index (χ2n) is 14.7. The zero-order chi connectivity index (χ0) is 33.8. The van der Waals surface area contributed by atoms with Gasteiger partial charge in [-0.05, 0) is 90.6 Å². The first-order valence-corrected chi connectivity index (χ1v) is 20.7. The summed E-state index contributed by atoms with van der Waals surface area (Å²) in [5.74, 6) is -0.0250. The van der Waals surface area contributed by atoms with Crippen LogP contribution in [0.5, 0.6) is 0 Å². The van der Waals surface area contributed by atoms with E-state index >= 15 is 0 Å². The topological polar surface area (TPSA) is 40.5 Å². The van der Waals surface area contributed by atoms with Gasteiger partial charge in [-0.1, -0.05) is 167 Å². The van der Waals surface area contributed by atoms with Crippen LogP contribution in [0.25, 0.3) is 0 Å². The molecular formula is C43H83NO2. The van der Waals surface area contributed by atoms with Crippen LogP contribution < -0.4 is 0 Å². The molecule has 0 radical (unpaired) electrons. The number of carboxylic acid groups (broad SMARTS) is 1. The molecule has 46 heavy (non-hydrogen) atoms. The van der Waals surface area contributed by atoms with Crippen molar-refractivity contribution in [3.8, 4) is 0 Å². The predicted molar refractivity (Wildman–Crippen MR) is 206 cm³/mol. The first kappa shape index (κ1) is 44.9. The summed E-state index contributed by atoms with van der Waals surface area (Å²) in [6.45, 7) is 4.57. The maximum Gasteiger partial charge on any atom is 0.303 e. The molecule has 3 heteroatoms. The SMILES string of the molecule is CCCCCCCC/C=C\CCCCCCCCC(CCCCCCCC/C=C\CCCCCCCC)C(CCC(=O)O)N(C)C. The molecule has 1 unspecified atom stereocenters. The molecule has 0 rings (SSSR count). The van der Waals surface area contributed by atoms with E-state index in [-0.39, 0.29) is 0 Å². The fourth-order valence-corrected chi connectivity index (χ4v) is 7.02. The zero-order valence-electron chi connectivity index (χ0n) is 31.9. The van der Waals surface area contributed by atoms with Crippen molar-refractivity contribution in [2.75, 3.05) is 14.1 Å². The van der Waals surface area contributed by atoms with Gasteiger partial charge < -0.3 is 10.0 Å². The summed E-state index contributed by atoms with van der Waals surface area (Å²) >= 11 is 0. The molecule has 0 fully saturated rings. The monoisotopic (exact) mass is 646 g/mol. The molecule has 3 nitrogen and oxygen atoms in total. The Bertz CT molecular complexity index is 628. The third-order valence-corrected chi connectivity index (χ3v) is 10.0. The number of nitrogens with zero attached hydrogens (tertiary/aromatic N) is 1. The lowest BCUT2D eigenvalue weighted by Crippen LogP contribution is -2.36. The van der Waals surface area contributed by atoms with E-state index in [2.05, 4.69) is 57.1 Å². The fraction of sp³-hybridized carbons (Fsp3) is 0.884. The second kappa shape index (κ2) is 36.7. The molecule has 272 valence electrons. The molecular weight excluding hydrogens is 562 g/mol. The average molecular weight is 646 g/mol. The number of unbranched alkanes of at least 4 members (excludes halogenated alkanes) is 24. The summed E-state index contributed by atoms with van der Waals surface area (Å²) in [4.78, 5) is 13.7. The van der Waals surface area contributed by atoms with Crippen molar-refractivity contribution in [1.29, 1.82) is 0 Å². The van der Waals surface area contributed by atoms with E-state index in [0.29, 0.717) is 18.4 Å². The Morgan fingerprint density at radius 2 is 0.783 bits per heavy atom. The van der Waals surface area contributed by atoms with Crippen LogP contribution >= 0.6 is 0 Å². The quantitative estimate of drug-likeness (QED) is 0.0540. The van der Waals surface area contributed by atoms with Gasteiger partial charge in [-0.25, -0.2) is 0 Å².